The predicted molar refractivity (Wildman–Crippen MR) is 74.5 cm³/mol. The molecule has 0 radical (unpaired) electrons. The Bertz CT molecular complexity index is 900. The van der Waals surface area contributed by atoms with Gasteiger partial charge in [0.2, 0.25) is 0 Å². The van der Waals surface area contributed by atoms with Gasteiger partial charge in [-0.1, -0.05) is 0 Å². The summed E-state index contributed by atoms with van der Waals surface area (Å²) in [5, 5.41) is 18.2. The van der Waals surface area contributed by atoms with Gasteiger partial charge in [-0.15, -0.1) is 0 Å². The Balaban J connectivity index is 2.30. The average molecular weight is 300 g/mol. The maximum absolute atomic E-state index is 13.0. The molecule has 0 fully saturated rings. The second-order valence-corrected chi connectivity index (χ2v) is 4.57. The molecule has 0 aliphatic carbocycles. The highest BCUT2D eigenvalue weighted by atomic mass is 19.1. The highest BCUT2D eigenvalue weighted by Gasteiger charge is 2.19. The van der Waals surface area contributed by atoms with Crippen molar-refractivity contribution in [3.63, 3.8) is 0 Å². The fraction of sp³-hybridized carbons (Fsp3) is 0. The summed E-state index contributed by atoms with van der Waals surface area (Å²) in [6.45, 7) is 0. The summed E-state index contributed by atoms with van der Waals surface area (Å²) in [5.74, 6) is -2.56. The van der Waals surface area contributed by atoms with Crippen molar-refractivity contribution in [2.75, 3.05) is 0 Å². The van der Waals surface area contributed by atoms with E-state index in [4.69, 9.17) is 5.11 Å². The monoisotopic (exact) mass is 300 g/mol. The average Bonchev–Trinajstić information content (AvgIpc) is 2.87. The first-order valence-electron chi connectivity index (χ1n) is 6.22. The second-order valence-electron chi connectivity index (χ2n) is 4.57. The second kappa shape index (κ2) is 4.96. The molecule has 0 unspecified atom stereocenters. The smallest absolute Gasteiger partial charge is 0.356 e. The van der Waals surface area contributed by atoms with Crippen molar-refractivity contribution < 1.29 is 24.2 Å². The number of imidazole rings is 1. The number of aromatic carboxylic acids is 2. The molecule has 1 aromatic carbocycles. The van der Waals surface area contributed by atoms with Gasteiger partial charge in [-0.25, -0.2) is 19.0 Å². The first kappa shape index (κ1) is 13.7. The van der Waals surface area contributed by atoms with Gasteiger partial charge in [0.25, 0.3) is 0 Å². The normalized spacial score (nSPS) is 10.8. The van der Waals surface area contributed by atoms with E-state index in [1.54, 1.807) is 0 Å². The van der Waals surface area contributed by atoms with Gasteiger partial charge in [-0.3, -0.25) is 4.40 Å². The Hall–Kier alpha value is -3.22. The summed E-state index contributed by atoms with van der Waals surface area (Å²) in [7, 11) is 0. The van der Waals surface area contributed by atoms with Gasteiger partial charge in [-0.2, -0.15) is 0 Å². The van der Waals surface area contributed by atoms with E-state index in [-0.39, 0.29) is 16.8 Å². The molecule has 0 amide bonds. The minimum absolute atomic E-state index is 0.0412. The molecule has 0 atom stereocenters. The molecular formula is C15H9FN2O4. The number of nitrogens with zero attached hydrogens (tertiary/aromatic N) is 2. The van der Waals surface area contributed by atoms with E-state index in [0.29, 0.717) is 11.4 Å². The lowest BCUT2D eigenvalue weighted by atomic mass is 10.2. The molecule has 110 valence electrons. The number of carboxylic acids is 2. The fourth-order valence-corrected chi connectivity index (χ4v) is 2.18. The molecule has 22 heavy (non-hydrogen) atoms. The van der Waals surface area contributed by atoms with Crippen molar-refractivity contribution in [3.8, 4) is 11.4 Å². The Labute approximate surface area is 123 Å². The van der Waals surface area contributed by atoms with Crippen LogP contribution in [0.2, 0.25) is 0 Å². The van der Waals surface area contributed by atoms with Crippen LogP contribution in [0, 0.1) is 5.82 Å². The van der Waals surface area contributed by atoms with Crippen LogP contribution in [0.3, 0.4) is 0 Å². The number of aromatic nitrogens is 2. The lowest BCUT2D eigenvalue weighted by Gasteiger charge is -2.02. The van der Waals surface area contributed by atoms with Crippen LogP contribution in [0.4, 0.5) is 4.39 Å². The summed E-state index contributed by atoms with van der Waals surface area (Å²) >= 11 is 0. The maximum atomic E-state index is 13.0. The van der Waals surface area contributed by atoms with Crippen molar-refractivity contribution in [1.82, 2.24) is 9.38 Å². The molecular weight excluding hydrogens is 291 g/mol. The van der Waals surface area contributed by atoms with Crippen molar-refractivity contribution in [2.24, 2.45) is 0 Å². The van der Waals surface area contributed by atoms with Crippen LogP contribution in [0.25, 0.3) is 16.9 Å². The van der Waals surface area contributed by atoms with Crippen LogP contribution < -0.4 is 0 Å². The third kappa shape index (κ3) is 2.18. The van der Waals surface area contributed by atoms with Gasteiger partial charge in [0.05, 0.1) is 11.1 Å². The molecule has 0 spiro atoms. The molecule has 2 N–H and O–H groups in total. The molecule has 2 aromatic heterocycles. The zero-order valence-electron chi connectivity index (χ0n) is 11.0. The van der Waals surface area contributed by atoms with Gasteiger partial charge in [0.1, 0.15) is 11.6 Å². The number of benzene rings is 1. The van der Waals surface area contributed by atoms with Crippen LogP contribution in [0.1, 0.15) is 20.8 Å². The van der Waals surface area contributed by atoms with Crippen molar-refractivity contribution >= 4 is 17.5 Å². The summed E-state index contributed by atoms with van der Waals surface area (Å²) in [6.07, 6.45) is 1.43. The molecule has 0 aliphatic heterocycles. The van der Waals surface area contributed by atoms with E-state index in [1.165, 1.54) is 47.0 Å². The third-order valence-corrected chi connectivity index (χ3v) is 3.20. The molecule has 0 saturated heterocycles. The lowest BCUT2D eigenvalue weighted by Crippen LogP contribution is -2.00. The summed E-state index contributed by atoms with van der Waals surface area (Å²) < 4.78 is 14.5. The minimum Gasteiger partial charge on any atom is -0.478 e. The van der Waals surface area contributed by atoms with E-state index in [9.17, 15) is 19.1 Å². The number of pyridine rings is 1. The molecule has 2 heterocycles. The number of fused-ring (bicyclic) bond motifs is 1. The zero-order chi connectivity index (χ0) is 15.9. The zero-order valence-corrected chi connectivity index (χ0v) is 11.0. The first-order valence-corrected chi connectivity index (χ1v) is 6.22. The van der Waals surface area contributed by atoms with E-state index < -0.39 is 17.8 Å². The summed E-state index contributed by atoms with van der Waals surface area (Å²) in [6, 6.07) is 8.01. The minimum atomic E-state index is -1.27. The highest BCUT2D eigenvalue weighted by Crippen LogP contribution is 2.24. The van der Waals surface area contributed by atoms with Gasteiger partial charge in [-0.05, 0) is 36.4 Å². The summed E-state index contributed by atoms with van der Waals surface area (Å²) in [4.78, 5) is 26.4. The van der Waals surface area contributed by atoms with Crippen molar-refractivity contribution in [2.45, 2.75) is 0 Å². The molecule has 6 nitrogen and oxygen atoms in total. The van der Waals surface area contributed by atoms with Crippen LogP contribution in [0.5, 0.6) is 0 Å². The Morgan fingerprint density at radius 1 is 1.05 bits per heavy atom. The van der Waals surface area contributed by atoms with E-state index in [0.717, 1.165) is 0 Å². The predicted octanol–water partition coefficient (Wildman–Crippen LogP) is 2.54. The van der Waals surface area contributed by atoms with E-state index in [1.807, 2.05) is 0 Å². The molecule has 0 aliphatic rings. The molecule has 3 aromatic rings. The lowest BCUT2D eigenvalue weighted by molar-refractivity contribution is 0.0682. The highest BCUT2D eigenvalue weighted by molar-refractivity contribution is 5.97. The van der Waals surface area contributed by atoms with Crippen LogP contribution in [-0.4, -0.2) is 31.5 Å². The van der Waals surface area contributed by atoms with Gasteiger partial charge in [0, 0.05) is 11.8 Å². The molecule has 0 saturated carbocycles. The number of rotatable bonds is 3. The van der Waals surface area contributed by atoms with Gasteiger partial charge in [0.15, 0.2) is 5.69 Å². The van der Waals surface area contributed by atoms with Crippen LogP contribution in [-0.2, 0) is 0 Å². The Morgan fingerprint density at radius 2 is 1.73 bits per heavy atom. The fourth-order valence-electron chi connectivity index (χ4n) is 2.18. The number of carboxylic acid groups (broad SMARTS) is 2. The number of hydrogen-bond donors (Lipinski definition) is 2. The standard InChI is InChI=1S/C15H9FN2O4/c16-10-3-1-8(2-4-10)13-17-12(15(21)22)11-7-9(14(19)20)5-6-18(11)13/h1-7H,(H,19,20)(H,21,22). The summed E-state index contributed by atoms with van der Waals surface area (Å²) in [5.41, 5.74) is 0.377. The SMILES string of the molecule is O=C(O)c1ccn2c(-c3ccc(F)cc3)nc(C(=O)O)c2c1. The van der Waals surface area contributed by atoms with E-state index >= 15 is 0 Å². The topological polar surface area (TPSA) is 91.9 Å². The van der Waals surface area contributed by atoms with Crippen LogP contribution >= 0.6 is 0 Å². The van der Waals surface area contributed by atoms with Crippen molar-refractivity contribution in [1.29, 1.82) is 0 Å². The third-order valence-electron chi connectivity index (χ3n) is 3.20. The molecule has 7 heteroatoms. The maximum Gasteiger partial charge on any atom is 0.356 e. The Kier molecular flexibility index (Phi) is 3.10. The largest absolute Gasteiger partial charge is 0.478 e. The first-order chi connectivity index (χ1) is 10.5. The number of carbonyl (C=O) groups is 2. The van der Waals surface area contributed by atoms with E-state index in [2.05, 4.69) is 4.98 Å². The Morgan fingerprint density at radius 3 is 2.32 bits per heavy atom. The molecule has 3 rings (SSSR count). The quantitative estimate of drug-likeness (QED) is 0.775. The number of halogens is 1. The van der Waals surface area contributed by atoms with Gasteiger partial charge < -0.3 is 10.2 Å². The molecule has 0 bridgehead atoms. The van der Waals surface area contributed by atoms with Crippen LogP contribution in [0.15, 0.2) is 42.6 Å². The number of hydrogen-bond acceptors (Lipinski definition) is 3. The van der Waals surface area contributed by atoms with Crippen molar-refractivity contribution in [3.05, 3.63) is 59.7 Å². The van der Waals surface area contributed by atoms with Gasteiger partial charge >= 0.3 is 11.9 Å².